The molecule has 5 unspecified atom stereocenters. The lowest BCUT2D eigenvalue weighted by Crippen LogP contribution is -2.40. The number of nitrogens with two attached hydrogens (primary N) is 1. The summed E-state index contributed by atoms with van der Waals surface area (Å²) in [6, 6.07) is 10.4. The van der Waals surface area contributed by atoms with Gasteiger partial charge in [-0.2, -0.15) is 0 Å². The lowest BCUT2D eigenvalue weighted by atomic mass is 10.0. The smallest absolute Gasteiger partial charge is 0.278 e. The number of unbranched alkanes of at least 4 members (excludes halogenated alkanes) is 1. The van der Waals surface area contributed by atoms with Crippen LogP contribution in [0.15, 0.2) is 56.5 Å². The Morgan fingerprint density at radius 2 is 1.68 bits per heavy atom. The predicted octanol–water partition coefficient (Wildman–Crippen LogP) is 0.680. The van der Waals surface area contributed by atoms with Crippen LogP contribution in [0.3, 0.4) is 0 Å². The first kappa shape index (κ1) is 55.1. The Bertz CT molecular complexity index is 3090. The lowest BCUT2D eigenvalue weighted by Gasteiger charge is -2.37. The maximum atomic E-state index is 13.2. The summed E-state index contributed by atoms with van der Waals surface area (Å²) in [7, 11) is -17.9. The molecule has 2 amide bonds. The summed E-state index contributed by atoms with van der Waals surface area (Å²) in [4.78, 5) is 112. The van der Waals surface area contributed by atoms with E-state index < -0.39 is 65.3 Å². The first-order chi connectivity index (χ1) is 34.6. The number of aromatic nitrogens is 1. The number of phosphoric ester groups is 1. The molecule has 0 bridgehead atoms. The number of hydrogen-bond donors (Lipinski definition) is 5. The third-order valence-corrected chi connectivity index (χ3v) is 16.4. The van der Waals surface area contributed by atoms with E-state index in [1.807, 2.05) is 4.90 Å². The van der Waals surface area contributed by atoms with E-state index in [4.69, 9.17) is 10.2 Å². The number of nitrogens with zero attached hydrogens (tertiary/aromatic N) is 2. The molecule has 5 atom stereocenters. The summed E-state index contributed by atoms with van der Waals surface area (Å²) in [6.07, 6.45) is 8.55. The van der Waals surface area contributed by atoms with Crippen LogP contribution in [0.25, 0.3) is 21.9 Å². The third kappa shape index (κ3) is 15.4. The average molecular weight is 1070 g/mol. The molecule has 0 spiro atoms. The van der Waals surface area contributed by atoms with E-state index in [0.29, 0.717) is 54.6 Å². The monoisotopic (exact) mass is 1070 g/mol. The molecule has 4 aliphatic rings. The van der Waals surface area contributed by atoms with E-state index in [9.17, 15) is 62.3 Å². The van der Waals surface area contributed by atoms with Gasteiger partial charge in [-0.3, -0.25) is 42.5 Å². The number of anilines is 3. The number of H-pyrrole nitrogens is 1. The molecule has 1 aliphatic carbocycles. The fraction of sp³-hybridized carbons (Fsp3) is 0.478. The van der Waals surface area contributed by atoms with Gasteiger partial charge in [-0.25, -0.2) is 4.31 Å². The van der Waals surface area contributed by atoms with E-state index in [1.54, 1.807) is 18.2 Å². The van der Waals surface area contributed by atoms with Gasteiger partial charge in [0.25, 0.3) is 21.2 Å². The van der Waals surface area contributed by atoms with Crippen LogP contribution in [0.4, 0.5) is 17.2 Å². The number of pyridine rings is 1. The van der Waals surface area contributed by atoms with Gasteiger partial charge in [0.1, 0.15) is 17.0 Å². The van der Waals surface area contributed by atoms with Crippen LogP contribution in [0, 0.1) is 17.8 Å². The fourth-order valence-electron chi connectivity index (χ4n) is 9.49. The second-order valence-corrected chi connectivity index (χ2v) is 22.3. The van der Waals surface area contributed by atoms with Gasteiger partial charge in [-0.05, 0) is 81.5 Å². The van der Waals surface area contributed by atoms with Gasteiger partial charge in [0.15, 0.2) is 0 Å². The number of nitrogen functional groups attached to an aromatic ring is 1. The highest BCUT2D eigenvalue weighted by Crippen LogP contribution is 2.60. The van der Waals surface area contributed by atoms with Crippen molar-refractivity contribution in [2.45, 2.75) is 95.4 Å². The number of rotatable bonds is 17. The van der Waals surface area contributed by atoms with Crippen molar-refractivity contribution >= 4 is 86.2 Å². The Labute approximate surface area is 418 Å². The second kappa shape index (κ2) is 24.1. The van der Waals surface area contributed by atoms with Gasteiger partial charge < -0.3 is 69.2 Å². The normalized spacial score (nSPS) is 20.2. The van der Waals surface area contributed by atoms with Crippen molar-refractivity contribution in [2.24, 2.45) is 5.92 Å². The molecule has 24 nitrogen and oxygen atoms in total. The van der Waals surface area contributed by atoms with Crippen molar-refractivity contribution in [1.82, 2.24) is 15.6 Å². The van der Waals surface area contributed by atoms with Crippen LogP contribution >= 0.6 is 23.5 Å². The molecule has 8 rings (SSSR count). The molecule has 3 aliphatic heterocycles. The summed E-state index contributed by atoms with van der Waals surface area (Å²) in [5, 5.41) is 20.5. The standard InChI is InChI=1S/C37H42N5O17P3.C9H16N2/c38-30-18-28-34(37(48)41-30)23(19-42(28)25-12-10-21(15-25)20-56-61(52,53)59-62(54,55)58-60(49,50)51)6-4-14-39-31(43)8-1-2-9-32(44)40-24-11-13-29-27(17-24)35(47)26-7-3-5-22(16-33(45)46)36(26)57-29;1-2-5-9-10-6-4-8-11(9)7-3-1/h3,5,7,11,13,17-18,21,23,25H,1-2,8-10,12,14-16,19-20H2,(H,39,43)(H,40,44)(H,45,46)(H,52,53)(H,54,55)(H3,38,41,48)(H2,49,50,51);1-8H2/p-4. The number of carbonyl (C=O) groups excluding carboxylic acids is 3. The number of fused-ring (bicyclic) bond motifs is 3. The summed E-state index contributed by atoms with van der Waals surface area (Å²) in [5.41, 5.74) is 6.94. The molecule has 394 valence electrons. The van der Waals surface area contributed by atoms with Crippen LogP contribution < -0.4 is 62.3 Å². The lowest BCUT2D eigenvalue weighted by molar-refractivity contribution is -0.534. The minimum absolute atomic E-state index is 0.0377. The highest BCUT2D eigenvalue weighted by atomic mass is 31.3. The van der Waals surface area contributed by atoms with Crippen molar-refractivity contribution in [3.05, 3.63) is 74.2 Å². The largest absolute Gasteiger partial charge is 0.790 e. The predicted molar refractivity (Wildman–Crippen MR) is 256 cm³/mol. The second-order valence-electron chi connectivity index (χ2n) is 18.1. The number of carboxylic acid groups (broad SMARTS) is 1. The highest BCUT2D eigenvalue weighted by Gasteiger charge is 2.38. The number of amidine groups is 1. The zero-order valence-corrected chi connectivity index (χ0v) is 42.1. The average Bonchev–Trinajstić information content (AvgIpc) is 3.85. The number of para-hydroxylation sites is 1. The number of carboxylic acids is 1. The zero-order valence-electron chi connectivity index (χ0n) is 39.5. The Kier molecular flexibility index (Phi) is 18.2. The Hall–Kier alpha value is -5.69. The summed E-state index contributed by atoms with van der Waals surface area (Å²) in [6.45, 7) is 3.47. The van der Waals surface area contributed by atoms with Gasteiger partial charge in [0.2, 0.25) is 23.1 Å². The first-order valence-corrected chi connectivity index (χ1v) is 28.1. The third-order valence-electron chi connectivity index (χ3n) is 12.7. The molecule has 1 saturated carbocycles. The summed E-state index contributed by atoms with van der Waals surface area (Å²) >= 11 is 0. The number of benzene rings is 2. The van der Waals surface area contributed by atoms with Crippen LogP contribution in [0.1, 0.15) is 94.1 Å². The summed E-state index contributed by atoms with van der Waals surface area (Å²) < 4.78 is 53.9. The van der Waals surface area contributed by atoms with Gasteiger partial charge in [0.05, 0.1) is 68.5 Å². The number of phosphoric acid groups is 3. The van der Waals surface area contributed by atoms with Gasteiger partial charge in [-0.15, -0.1) is 0 Å². The Balaban J connectivity index is 0.000000621. The van der Waals surface area contributed by atoms with E-state index in [1.165, 1.54) is 81.8 Å². The minimum Gasteiger partial charge on any atom is -0.790 e. The number of nitrogens with one attached hydrogen (secondary N) is 4. The molecule has 2 aromatic heterocycles. The van der Waals surface area contributed by atoms with Gasteiger partial charge in [0, 0.05) is 68.0 Å². The van der Waals surface area contributed by atoms with Gasteiger partial charge in [-0.1, -0.05) is 24.0 Å². The highest BCUT2D eigenvalue weighted by molar-refractivity contribution is 7.64. The maximum Gasteiger partial charge on any atom is 0.278 e. The number of aromatic amines is 1. The number of aliphatic carboxylic acids is 1. The van der Waals surface area contributed by atoms with Crippen molar-refractivity contribution in [3.63, 3.8) is 0 Å². The summed E-state index contributed by atoms with van der Waals surface area (Å²) in [5.74, 6) is 4.49. The Morgan fingerprint density at radius 1 is 0.918 bits per heavy atom. The fourth-order valence-corrected chi connectivity index (χ4v) is 12.4. The molecule has 73 heavy (non-hydrogen) atoms. The van der Waals surface area contributed by atoms with Crippen LogP contribution in [0.5, 0.6) is 0 Å². The zero-order chi connectivity index (χ0) is 52.5. The molecule has 0 saturated heterocycles. The number of carbonyl (C=O) groups is 3. The molecule has 5 heterocycles. The molecule has 1 fully saturated rings. The number of hydrogen-bond acceptors (Lipinski definition) is 20. The minimum atomic E-state index is -6.13. The molecule has 2 aromatic carbocycles. The molecule has 6 N–H and O–H groups in total. The van der Waals surface area contributed by atoms with Crippen molar-refractivity contribution in [3.8, 4) is 11.8 Å². The molecule has 4 aromatic rings. The topological polar surface area (TPSA) is 377 Å². The van der Waals surface area contributed by atoms with Crippen molar-refractivity contribution in [2.75, 3.05) is 55.3 Å². The van der Waals surface area contributed by atoms with Crippen LogP contribution in [0.2, 0.25) is 0 Å². The maximum absolute atomic E-state index is 13.2. The van der Waals surface area contributed by atoms with Crippen molar-refractivity contribution in [1.29, 1.82) is 0 Å². The van der Waals surface area contributed by atoms with E-state index in [2.05, 4.69) is 50.5 Å². The SMILES string of the molecule is C1CCC2=[N+](CC1)CCCN2.Nc1cc2c(c(=O)[nH]1)C(C#CCNC(=O)CCCCC(=O)Nc1ccc3oc4c(CC(=O)[O-])cccc4c(=O)c3c1)CN2C1CCC(COP(=O)([O-])OP(=O)([O-])OP(=O)([O-])[O-])C1. The first-order valence-electron chi connectivity index (χ1n) is 23.7. The molecular weight excluding hydrogens is 1020 g/mol. The quantitative estimate of drug-likeness (QED) is 0.0319. The van der Waals surface area contributed by atoms with Crippen LogP contribution in [-0.2, 0) is 47.6 Å². The molecular formula is C46H54N7O17P3-4. The number of amides is 2. The van der Waals surface area contributed by atoms with Gasteiger partial charge >= 0.3 is 0 Å². The van der Waals surface area contributed by atoms with Crippen LogP contribution in [-0.4, -0.2) is 78.6 Å². The van der Waals surface area contributed by atoms with Crippen molar-refractivity contribution < 1.29 is 74.9 Å². The van der Waals surface area contributed by atoms with E-state index >= 15 is 0 Å². The Morgan fingerprint density at radius 3 is 2.45 bits per heavy atom. The molecule has 27 heteroatoms. The molecule has 0 radical (unpaired) electrons. The van der Waals surface area contributed by atoms with E-state index in [0.717, 1.165) is 0 Å². The van der Waals surface area contributed by atoms with E-state index in [-0.39, 0.29) is 71.5 Å².